The van der Waals surface area contributed by atoms with Crippen LogP contribution in [0.5, 0.6) is 0 Å². The van der Waals surface area contributed by atoms with E-state index in [4.69, 9.17) is 0 Å². The van der Waals surface area contributed by atoms with Crippen LogP contribution in [-0.4, -0.2) is 24.9 Å². The molecule has 0 heterocycles. The summed E-state index contributed by atoms with van der Waals surface area (Å²) < 4.78 is 0. The highest BCUT2D eigenvalue weighted by atomic mass is 16.2. The fourth-order valence-electron chi connectivity index (χ4n) is 1.37. The lowest BCUT2D eigenvalue weighted by Gasteiger charge is -2.08. The van der Waals surface area contributed by atoms with Gasteiger partial charge in [-0.1, -0.05) is 20.8 Å². The van der Waals surface area contributed by atoms with Gasteiger partial charge in [-0.25, -0.2) is 0 Å². The number of rotatable bonds is 5. The summed E-state index contributed by atoms with van der Waals surface area (Å²) in [6.07, 6.45) is 0.958. The molecule has 2 amide bonds. The van der Waals surface area contributed by atoms with E-state index < -0.39 is 0 Å². The van der Waals surface area contributed by atoms with E-state index in [9.17, 15) is 9.59 Å². The van der Waals surface area contributed by atoms with Gasteiger partial charge in [0.05, 0.1) is 6.54 Å². The predicted molar refractivity (Wildman–Crippen MR) is 58.1 cm³/mol. The van der Waals surface area contributed by atoms with E-state index in [1.807, 2.05) is 20.8 Å². The van der Waals surface area contributed by atoms with E-state index in [1.54, 1.807) is 0 Å². The molecule has 1 fully saturated rings. The Balaban J connectivity index is 2.08. The van der Waals surface area contributed by atoms with Crippen LogP contribution in [0.25, 0.3) is 0 Å². The van der Waals surface area contributed by atoms with Gasteiger partial charge in [-0.15, -0.1) is 0 Å². The molecule has 0 radical (unpaired) electrons. The molecule has 1 rings (SSSR count). The zero-order valence-corrected chi connectivity index (χ0v) is 9.67. The van der Waals surface area contributed by atoms with Gasteiger partial charge in [0, 0.05) is 12.5 Å². The topological polar surface area (TPSA) is 58.2 Å². The normalized spacial score (nSPS) is 23.7. The summed E-state index contributed by atoms with van der Waals surface area (Å²) in [5.41, 5.74) is 0. The van der Waals surface area contributed by atoms with Crippen LogP contribution in [0.3, 0.4) is 0 Å². The van der Waals surface area contributed by atoms with Crippen LogP contribution in [0.1, 0.15) is 27.2 Å². The molecule has 1 saturated carbocycles. The molecule has 0 saturated heterocycles. The lowest BCUT2D eigenvalue weighted by atomic mass is 10.2. The minimum atomic E-state index is -0.106. The highest BCUT2D eigenvalue weighted by Gasteiger charge is 2.38. The van der Waals surface area contributed by atoms with Crippen molar-refractivity contribution in [2.24, 2.45) is 17.8 Å². The van der Waals surface area contributed by atoms with Gasteiger partial charge in [-0.05, 0) is 18.3 Å². The standard InChI is InChI=1S/C11H20N2O2/c1-7(2)5-12-10(14)6-13-11(15)9-4-8(9)3/h7-9H,4-6H2,1-3H3,(H,12,14)(H,13,15). The Labute approximate surface area is 90.8 Å². The fourth-order valence-corrected chi connectivity index (χ4v) is 1.37. The van der Waals surface area contributed by atoms with Gasteiger partial charge in [0.15, 0.2) is 0 Å². The summed E-state index contributed by atoms with van der Waals surface area (Å²) in [4.78, 5) is 22.6. The predicted octanol–water partition coefficient (Wildman–Crippen LogP) is 0.531. The Morgan fingerprint density at radius 2 is 1.93 bits per heavy atom. The van der Waals surface area contributed by atoms with Crippen LogP contribution < -0.4 is 10.6 Å². The molecular weight excluding hydrogens is 192 g/mol. The van der Waals surface area contributed by atoms with Crippen molar-refractivity contribution in [3.8, 4) is 0 Å². The van der Waals surface area contributed by atoms with Gasteiger partial charge in [0.25, 0.3) is 0 Å². The maximum Gasteiger partial charge on any atom is 0.239 e. The third kappa shape index (κ3) is 4.32. The van der Waals surface area contributed by atoms with Crippen molar-refractivity contribution < 1.29 is 9.59 Å². The van der Waals surface area contributed by atoms with E-state index in [-0.39, 0.29) is 24.3 Å². The first-order valence-corrected chi connectivity index (χ1v) is 5.55. The van der Waals surface area contributed by atoms with Crippen molar-refractivity contribution in [3.63, 3.8) is 0 Å². The molecule has 1 aliphatic carbocycles. The van der Waals surface area contributed by atoms with Crippen molar-refractivity contribution in [1.82, 2.24) is 10.6 Å². The van der Waals surface area contributed by atoms with Crippen LogP contribution in [0.2, 0.25) is 0 Å². The van der Waals surface area contributed by atoms with E-state index in [0.717, 1.165) is 6.42 Å². The van der Waals surface area contributed by atoms with Gasteiger partial charge in [0.2, 0.25) is 11.8 Å². The number of carbonyl (C=O) groups is 2. The Hall–Kier alpha value is -1.06. The summed E-state index contributed by atoms with van der Waals surface area (Å²) in [5, 5.41) is 5.40. The number of hydrogen-bond acceptors (Lipinski definition) is 2. The van der Waals surface area contributed by atoms with Crippen molar-refractivity contribution in [3.05, 3.63) is 0 Å². The molecule has 0 aliphatic heterocycles. The zero-order valence-electron chi connectivity index (χ0n) is 9.67. The van der Waals surface area contributed by atoms with Crippen LogP contribution >= 0.6 is 0 Å². The lowest BCUT2D eigenvalue weighted by Crippen LogP contribution is -2.38. The molecule has 0 bridgehead atoms. The second kappa shape index (κ2) is 5.14. The van der Waals surface area contributed by atoms with Gasteiger partial charge in [0.1, 0.15) is 0 Å². The molecule has 2 unspecified atom stereocenters. The Bertz CT molecular complexity index is 251. The molecule has 0 aromatic carbocycles. The molecule has 2 atom stereocenters. The highest BCUT2D eigenvalue weighted by molar-refractivity contribution is 5.87. The Kier molecular flexibility index (Phi) is 4.12. The largest absolute Gasteiger partial charge is 0.354 e. The molecule has 2 N–H and O–H groups in total. The first kappa shape index (κ1) is 12.0. The average molecular weight is 212 g/mol. The summed E-state index contributed by atoms with van der Waals surface area (Å²) in [6.45, 7) is 6.88. The highest BCUT2D eigenvalue weighted by Crippen LogP contribution is 2.37. The number of nitrogens with one attached hydrogen (secondary N) is 2. The third-order valence-electron chi connectivity index (χ3n) is 2.58. The number of carbonyl (C=O) groups excluding carboxylic acids is 2. The minimum absolute atomic E-state index is 0.0159. The molecular formula is C11H20N2O2. The summed E-state index contributed by atoms with van der Waals surface area (Å²) >= 11 is 0. The van der Waals surface area contributed by atoms with Gasteiger partial charge < -0.3 is 10.6 Å². The van der Waals surface area contributed by atoms with E-state index in [0.29, 0.717) is 18.4 Å². The maximum atomic E-state index is 11.4. The Morgan fingerprint density at radius 3 is 2.40 bits per heavy atom. The maximum absolute atomic E-state index is 11.4. The van der Waals surface area contributed by atoms with Crippen molar-refractivity contribution in [1.29, 1.82) is 0 Å². The smallest absolute Gasteiger partial charge is 0.239 e. The molecule has 86 valence electrons. The van der Waals surface area contributed by atoms with E-state index in [1.165, 1.54) is 0 Å². The zero-order chi connectivity index (χ0) is 11.4. The molecule has 4 nitrogen and oxygen atoms in total. The quantitative estimate of drug-likeness (QED) is 0.698. The van der Waals surface area contributed by atoms with Crippen LogP contribution in [0, 0.1) is 17.8 Å². The van der Waals surface area contributed by atoms with Crippen LogP contribution in [-0.2, 0) is 9.59 Å². The molecule has 0 spiro atoms. The second-order valence-corrected chi connectivity index (χ2v) is 4.74. The molecule has 1 aliphatic rings. The van der Waals surface area contributed by atoms with Crippen LogP contribution in [0.15, 0.2) is 0 Å². The summed E-state index contributed by atoms with van der Waals surface area (Å²) in [7, 11) is 0. The van der Waals surface area contributed by atoms with E-state index in [2.05, 4.69) is 10.6 Å². The van der Waals surface area contributed by atoms with Gasteiger partial charge in [-0.3, -0.25) is 9.59 Å². The average Bonchev–Trinajstić information content (AvgIpc) is 2.88. The van der Waals surface area contributed by atoms with E-state index >= 15 is 0 Å². The molecule has 15 heavy (non-hydrogen) atoms. The van der Waals surface area contributed by atoms with Gasteiger partial charge in [-0.2, -0.15) is 0 Å². The first-order valence-electron chi connectivity index (χ1n) is 5.55. The van der Waals surface area contributed by atoms with Crippen molar-refractivity contribution in [2.45, 2.75) is 27.2 Å². The van der Waals surface area contributed by atoms with Crippen molar-refractivity contribution >= 4 is 11.8 Å². The van der Waals surface area contributed by atoms with Crippen LogP contribution in [0.4, 0.5) is 0 Å². The SMILES string of the molecule is CC(C)CNC(=O)CNC(=O)C1CC1C. The van der Waals surface area contributed by atoms with Gasteiger partial charge >= 0.3 is 0 Å². The Morgan fingerprint density at radius 1 is 1.33 bits per heavy atom. The third-order valence-corrected chi connectivity index (χ3v) is 2.58. The monoisotopic (exact) mass is 212 g/mol. The number of amides is 2. The first-order chi connectivity index (χ1) is 7.00. The summed E-state index contributed by atoms with van der Waals surface area (Å²) in [5.74, 6) is 0.979. The molecule has 0 aromatic heterocycles. The molecule has 4 heteroatoms. The van der Waals surface area contributed by atoms with Crippen molar-refractivity contribution in [2.75, 3.05) is 13.1 Å². The fraction of sp³-hybridized carbons (Fsp3) is 0.818. The lowest BCUT2D eigenvalue weighted by molar-refractivity contribution is -0.127. The minimum Gasteiger partial charge on any atom is -0.354 e. The summed E-state index contributed by atoms with van der Waals surface area (Å²) in [6, 6.07) is 0. The molecule has 0 aromatic rings. The second-order valence-electron chi connectivity index (χ2n) is 4.74. The number of hydrogen-bond donors (Lipinski definition) is 2.